The van der Waals surface area contributed by atoms with Gasteiger partial charge in [-0.3, -0.25) is 28.2 Å². The molecule has 3 saturated heterocycles. The van der Waals surface area contributed by atoms with E-state index >= 15 is 0 Å². The lowest BCUT2D eigenvalue weighted by Crippen LogP contribution is -2.68. The summed E-state index contributed by atoms with van der Waals surface area (Å²) in [4.78, 5) is 112. The molecule has 0 aromatic carbocycles. The van der Waals surface area contributed by atoms with Gasteiger partial charge in [-0.05, 0) is 25.7 Å². The minimum absolute atomic E-state index is 0.0721. The molecule has 16 N–H and O–H groups in total. The van der Waals surface area contributed by atoms with Crippen molar-refractivity contribution in [2.45, 2.75) is 433 Å². The topological polar surface area (TPSA) is 510 Å². The molecule has 0 aromatic heterocycles. The van der Waals surface area contributed by atoms with Crippen molar-refractivity contribution in [2.24, 2.45) is 0 Å². The van der Waals surface area contributed by atoms with E-state index in [1.165, 1.54) is 0 Å². The number of amides is 2. The fraction of sp³-hybridized carbons (Fsp3) is 0.934. The van der Waals surface area contributed by atoms with Crippen LogP contribution in [0.3, 0.4) is 0 Å². The molecular weight excluding hydrogens is 1480 g/mol. The van der Waals surface area contributed by atoms with E-state index in [2.05, 4.69) is 38.3 Å². The van der Waals surface area contributed by atoms with Gasteiger partial charge in [-0.1, -0.05) is 259 Å². The molecule has 0 aromatic rings. The van der Waals surface area contributed by atoms with Crippen LogP contribution in [0.5, 0.6) is 0 Å². The van der Waals surface area contributed by atoms with Crippen LogP contribution in [0.1, 0.15) is 317 Å². The Bertz CT molecular complexity index is 2580. The summed E-state index contributed by atoms with van der Waals surface area (Å²) in [6.07, 6.45) is -0.923. The Balaban J connectivity index is 2.21. The van der Waals surface area contributed by atoms with Crippen molar-refractivity contribution in [3.05, 3.63) is 0 Å². The van der Waals surface area contributed by atoms with E-state index in [0.29, 0.717) is 38.5 Å². The first-order valence-corrected chi connectivity index (χ1v) is 44.5. The zero-order valence-corrected chi connectivity index (χ0v) is 67.8. The number of aliphatic hydroxyl groups excluding tert-OH is 9. The quantitative estimate of drug-likeness (QED) is 0.0154. The number of unbranched alkanes of at least 4 members (excludes halogenated alkanes) is 32. The lowest BCUT2D eigenvalue weighted by atomic mass is 9.92. The Hall–Kier alpha value is -2.99. The molecule has 0 saturated carbocycles. The second-order valence-corrected chi connectivity index (χ2v) is 32.9. The summed E-state index contributed by atoms with van der Waals surface area (Å²) in [5, 5.41) is 115. The number of phosphoric ester groups is 2. The summed E-state index contributed by atoms with van der Waals surface area (Å²) in [6, 6.07) is -4.13. The molecule has 3 aliphatic heterocycles. The average Bonchev–Trinajstić information content (AvgIpc) is 0.774. The van der Waals surface area contributed by atoms with Gasteiger partial charge < -0.3 is 114 Å². The molecule has 0 unspecified atom stereocenters. The van der Waals surface area contributed by atoms with Crippen molar-refractivity contribution < 1.29 is 146 Å². The molecule has 34 heteroatoms. The van der Waals surface area contributed by atoms with Crippen LogP contribution in [0.15, 0.2) is 0 Å². The summed E-state index contributed by atoms with van der Waals surface area (Å²) in [6.45, 7) is 4.87. The van der Waals surface area contributed by atoms with Crippen LogP contribution in [0.25, 0.3) is 0 Å². The van der Waals surface area contributed by atoms with Gasteiger partial charge in [-0.25, -0.2) is 13.9 Å². The number of nitrogens with one attached hydrogen (secondary N) is 2. The Morgan fingerprint density at radius 2 is 0.791 bits per heavy atom. The number of hydrogen-bond donors (Lipinski definition) is 16. The molecule has 0 radical (unpaired) electrons. The molecule has 2 amide bonds. The first kappa shape index (κ1) is 101. The molecule has 3 heterocycles. The number of phosphoric acid groups is 2. The molecule has 19 atom stereocenters. The standard InChI is InChI=1S/C76H142N2O30P2/c1-5-9-13-17-21-25-29-33-37-41-53(80)45-61(86)77-65-71(104-63(88)47-55(82)43-39-35-31-27-23-19-15-11-7-3)68(91)59(102-74(65)108-110(97,98)99)51-100-73-66(78-62(87)46-54(81)42-38-34-30-26-22-18-14-10-6-2)72(105-64(89)48-56(83)44-40-36-32-28-24-20-16-12-8-4)70(107-109(94,95)96)60(103-73)52-101-76(75(92)93)49-57(84)67(90)69(106-76)58(85)50-79/h53-60,65-74,79-85,90-91H,5-52H2,1-4H3,(H,77,86)(H,78,87)(H,92,93)(H2,94,95,96)(H2,97,98,99)/t53-,54-,55+,56-,57+,58+,59+,60+,65+,66+,67+,68+,69+,70+,71+,72+,73+,74+,76+/m0/s1. The van der Waals surface area contributed by atoms with Crippen LogP contribution in [0.2, 0.25) is 0 Å². The van der Waals surface area contributed by atoms with Gasteiger partial charge >= 0.3 is 33.6 Å². The van der Waals surface area contributed by atoms with Gasteiger partial charge in [-0.15, -0.1) is 0 Å². The van der Waals surface area contributed by atoms with Crippen LogP contribution >= 0.6 is 15.6 Å². The number of carboxylic acid groups (broad SMARTS) is 1. The molecule has 3 fully saturated rings. The van der Waals surface area contributed by atoms with E-state index in [9.17, 15) is 104 Å². The van der Waals surface area contributed by atoms with Gasteiger partial charge in [0, 0.05) is 6.42 Å². The summed E-state index contributed by atoms with van der Waals surface area (Å²) in [5.74, 6) is -9.65. The normalized spacial score (nSPS) is 26.0. The minimum atomic E-state index is -5.91. The van der Waals surface area contributed by atoms with Gasteiger partial charge in [0.25, 0.3) is 5.79 Å². The summed E-state index contributed by atoms with van der Waals surface area (Å²) >= 11 is 0. The predicted molar refractivity (Wildman–Crippen MR) is 404 cm³/mol. The number of carbonyl (C=O) groups is 5. The molecule has 0 bridgehead atoms. The van der Waals surface area contributed by atoms with Crippen LogP contribution in [-0.2, 0) is 75.3 Å². The third kappa shape index (κ3) is 42.2. The molecular formula is C76H142N2O30P2. The highest BCUT2D eigenvalue weighted by Crippen LogP contribution is 2.45. The SMILES string of the molecule is CCCCCCCCCCC[C@@H](O)CC(=O)O[C@H]1[C@H](O)[C@@H](CO[C@@H]2O[C@H](CO[C@]3(C(=O)O)C[C@@H](O)[C@@H](O)[C@@H]([C@H](O)CO)O3)[C@@H](OP(=O)(O)O)[C@H](OC(=O)C[C@@H](O)CCCCCCCCCCC)[C@H]2NC(=O)C[C@@H](O)CCCCCCCCCCC)O[C@H](OP(=O)(O)O)[C@@H]1NC(=O)C[C@@H](O)CCCCCCCCCCC. The van der Waals surface area contributed by atoms with E-state index in [4.69, 9.17) is 42.2 Å². The van der Waals surface area contributed by atoms with Gasteiger partial charge in [-0.2, -0.15) is 0 Å². The number of hydrogen-bond acceptors (Lipinski definition) is 25. The third-order valence-corrected chi connectivity index (χ3v) is 21.6. The highest BCUT2D eigenvalue weighted by molar-refractivity contribution is 7.46. The Morgan fingerprint density at radius 1 is 0.445 bits per heavy atom. The number of rotatable bonds is 65. The summed E-state index contributed by atoms with van der Waals surface area (Å²) < 4.78 is 78.4. The van der Waals surface area contributed by atoms with Gasteiger partial charge in [0.2, 0.25) is 11.8 Å². The fourth-order valence-electron chi connectivity index (χ4n) is 14.3. The average molecular weight is 1630 g/mol. The van der Waals surface area contributed by atoms with Crippen LogP contribution in [0.4, 0.5) is 0 Å². The largest absolute Gasteiger partial charge is 0.477 e. The lowest BCUT2D eigenvalue weighted by Gasteiger charge is -2.48. The van der Waals surface area contributed by atoms with E-state index in [-0.39, 0.29) is 25.7 Å². The molecule has 0 spiro atoms. The van der Waals surface area contributed by atoms with Crippen molar-refractivity contribution in [2.75, 3.05) is 19.8 Å². The Labute approximate surface area is 651 Å². The molecule has 3 aliphatic rings. The highest BCUT2D eigenvalue weighted by atomic mass is 31.2. The molecule has 646 valence electrons. The molecule has 32 nitrogen and oxygen atoms in total. The van der Waals surface area contributed by atoms with Gasteiger partial charge in [0.15, 0.2) is 24.8 Å². The van der Waals surface area contributed by atoms with Crippen LogP contribution in [0, 0.1) is 0 Å². The first-order chi connectivity index (χ1) is 52.4. The minimum Gasteiger partial charge on any atom is -0.477 e. The van der Waals surface area contributed by atoms with Crippen molar-refractivity contribution in [1.29, 1.82) is 0 Å². The summed E-state index contributed by atoms with van der Waals surface area (Å²) in [5.41, 5.74) is 0. The monoisotopic (exact) mass is 1620 g/mol. The molecule has 3 rings (SSSR count). The number of aliphatic hydroxyl groups is 9. The predicted octanol–water partition coefficient (Wildman–Crippen LogP) is 8.54. The Kier molecular flexibility index (Phi) is 52.6. The number of carboxylic acids is 1. The highest BCUT2D eigenvalue weighted by Gasteiger charge is 2.58. The van der Waals surface area contributed by atoms with E-state index in [0.717, 1.165) is 193 Å². The van der Waals surface area contributed by atoms with Crippen molar-refractivity contribution in [3.8, 4) is 0 Å². The maximum atomic E-state index is 14.5. The Morgan fingerprint density at radius 3 is 1.15 bits per heavy atom. The third-order valence-electron chi connectivity index (χ3n) is 20.6. The second kappa shape index (κ2) is 57.2. The molecule has 110 heavy (non-hydrogen) atoms. The number of ether oxygens (including phenoxy) is 7. The maximum absolute atomic E-state index is 14.5. The van der Waals surface area contributed by atoms with Crippen molar-refractivity contribution >= 4 is 45.4 Å². The maximum Gasteiger partial charge on any atom is 0.472 e. The van der Waals surface area contributed by atoms with E-state index in [1.54, 1.807) is 0 Å². The van der Waals surface area contributed by atoms with Gasteiger partial charge in [0.05, 0.1) is 76.0 Å². The lowest BCUT2D eigenvalue weighted by molar-refractivity contribution is -0.340. The van der Waals surface area contributed by atoms with E-state index in [1.807, 2.05) is 0 Å². The smallest absolute Gasteiger partial charge is 0.472 e. The molecule has 0 aliphatic carbocycles. The van der Waals surface area contributed by atoms with Crippen molar-refractivity contribution in [3.63, 3.8) is 0 Å². The number of esters is 2. The zero-order valence-electron chi connectivity index (χ0n) is 66.0. The number of aliphatic carboxylic acids is 1. The van der Waals surface area contributed by atoms with Gasteiger partial charge in [0.1, 0.15) is 54.8 Å². The summed E-state index contributed by atoms with van der Waals surface area (Å²) in [7, 11) is -11.7. The first-order valence-electron chi connectivity index (χ1n) is 41.4. The number of carbonyl (C=O) groups excluding carboxylic acids is 4. The van der Waals surface area contributed by atoms with E-state index < -0.39 is 213 Å². The van der Waals surface area contributed by atoms with Crippen molar-refractivity contribution in [1.82, 2.24) is 10.6 Å². The van der Waals surface area contributed by atoms with Crippen LogP contribution < -0.4 is 10.6 Å². The second-order valence-electron chi connectivity index (χ2n) is 30.5. The van der Waals surface area contributed by atoms with Crippen LogP contribution in [-0.4, -0.2) is 236 Å². The fourth-order valence-corrected chi connectivity index (χ4v) is 15.3. The zero-order chi connectivity index (χ0) is 81.5.